The summed E-state index contributed by atoms with van der Waals surface area (Å²) in [5, 5.41) is 7.15. The fourth-order valence-corrected chi connectivity index (χ4v) is 3.62. The van der Waals surface area contributed by atoms with Crippen LogP contribution in [0.2, 0.25) is 0 Å². The van der Waals surface area contributed by atoms with Gasteiger partial charge in [-0.25, -0.2) is 9.67 Å². The second-order valence-electron chi connectivity index (χ2n) is 7.13. The van der Waals surface area contributed by atoms with Crippen molar-refractivity contribution in [1.29, 1.82) is 0 Å². The maximum Gasteiger partial charge on any atom is 0.220 e. The lowest BCUT2D eigenvalue weighted by Crippen LogP contribution is -2.38. The predicted octanol–water partition coefficient (Wildman–Crippen LogP) is 2.24. The van der Waals surface area contributed by atoms with Crippen molar-refractivity contribution in [3.8, 4) is 0 Å². The Kier molecular flexibility index (Phi) is 5.81. The first-order valence-electron chi connectivity index (χ1n) is 9.06. The van der Waals surface area contributed by atoms with Gasteiger partial charge in [0.2, 0.25) is 5.91 Å². The Morgan fingerprint density at radius 2 is 1.88 bits per heavy atom. The largest absolute Gasteiger partial charge is 0.352 e. The van der Waals surface area contributed by atoms with Crippen LogP contribution in [0.5, 0.6) is 0 Å². The molecule has 0 radical (unpaired) electrons. The van der Waals surface area contributed by atoms with Crippen LogP contribution in [0.4, 0.5) is 0 Å². The number of hydrogen-bond acceptors (Lipinski definition) is 4. The highest BCUT2D eigenvalue weighted by molar-refractivity contribution is 5.76. The minimum Gasteiger partial charge on any atom is -0.352 e. The molecule has 0 saturated heterocycles. The highest BCUT2D eigenvalue weighted by atomic mass is 16.1. The molecule has 1 heterocycles. The average Bonchev–Trinajstić information content (AvgIpc) is 3.15. The Balaban J connectivity index is 1.48. The molecule has 1 aromatic carbocycles. The highest BCUT2D eigenvalue weighted by Crippen LogP contribution is 2.38. The van der Waals surface area contributed by atoms with Gasteiger partial charge in [0.05, 0.1) is 6.54 Å². The van der Waals surface area contributed by atoms with Crippen LogP contribution in [-0.4, -0.2) is 27.2 Å². The first-order valence-corrected chi connectivity index (χ1v) is 9.06. The van der Waals surface area contributed by atoms with Gasteiger partial charge in [-0.3, -0.25) is 4.79 Å². The van der Waals surface area contributed by atoms with Crippen molar-refractivity contribution >= 4 is 5.91 Å². The van der Waals surface area contributed by atoms with Gasteiger partial charge >= 0.3 is 0 Å². The second-order valence-corrected chi connectivity index (χ2v) is 7.13. The zero-order chi connectivity index (χ0) is 17.5. The smallest absolute Gasteiger partial charge is 0.220 e. The van der Waals surface area contributed by atoms with Gasteiger partial charge in [-0.15, -0.1) is 0 Å². The molecule has 1 saturated carbocycles. The van der Waals surface area contributed by atoms with E-state index in [0.29, 0.717) is 26.1 Å². The van der Waals surface area contributed by atoms with Gasteiger partial charge in [0, 0.05) is 13.0 Å². The fraction of sp³-hybridized carbons (Fsp3) is 0.526. The molecule has 6 nitrogen and oxygen atoms in total. The molecule has 1 aliphatic carbocycles. The van der Waals surface area contributed by atoms with E-state index in [1.54, 1.807) is 11.0 Å². The highest BCUT2D eigenvalue weighted by Gasteiger charge is 2.32. The zero-order valence-corrected chi connectivity index (χ0v) is 14.7. The molecule has 1 fully saturated rings. The average molecular weight is 341 g/mol. The molecule has 0 spiro atoms. The number of nitrogens with two attached hydrogens (primary N) is 1. The van der Waals surface area contributed by atoms with Crippen molar-refractivity contribution in [3.63, 3.8) is 0 Å². The number of benzene rings is 1. The Labute approximate surface area is 148 Å². The van der Waals surface area contributed by atoms with Crippen molar-refractivity contribution in [2.24, 2.45) is 11.1 Å². The molecule has 25 heavy (non-hydrogen) atoms. The summed E-state index contributed by atoms with van der Waals surface area (Å²) in [7, 11) is 0. The Hall–Kier alpha value is -2.21. The molecule has 3 rings (SSSR count). The second kappa shape index (κ2) is 8.25. The van der Waals surface area contributed by atoms with Crippen molar-refractivity contribution in [2.45, 2.75) is 51.6 Å². The summed E-state index contributed by atoms with van der Waals surface area (Å²) in [4.78, 5) is 16.3. The number of rotatable bonds is 7. The van der Waals surface area contributed by atoms with Crippen LogP contribution in [0.1, 0.15) is 49.7 Å². The normalized spacial score (nSPS) is 16.5. The molecule has 2 aromatic rings. The summed E-state index contributed by atoms with van der Waals surface area (Å²) >= 11 is 0. The first-order chi connectivity index (χ1) is 12.2. The number of aromatic nitrogens is 3. The first kappa shape index (κ1) is 17.6. The third-order valence-corrected chi connectivity index (χ3v) is 5.21. The predicted molar refractivity (Wildman–Crippen MR) is 96.6 cm³/mol. The van der Waals surface area contributed by atoms with Crippen molar-refractivity contribution in [1.82, 2.24) is 20.1 Å². The lowest BCUT2D eigenvalue weighted by Gasteiger charge is -2.35. The van der Waals surface area contributed by atoms with Crippen LogP contribution >= 0.6 is 0 Å². The van der Waals surface area contributed by atoms with Gasteiger partial charge < -0.3 is 11.1 Å². The molecule has 1 aliphatic rings. The minimum absolute atomic E-state index is 0.0178. The number of hydrogen-bond donors (Lipinski definition) is 2. The SMILES string of the molecule is NCC1(CC(=O)NCc2ccc(Cn3cncn3)cc2)CCCCC1. The maximum atomic E-state index is 12.3. The number of nitrogens with one attached hydrogen (secondary N) is 1. The molecule has 6 heteroatoms. The van der Waals surface area contributed by atoms with Gasteiger partial charge in [0.15, 0.2) is 0 Å². The summed E-state index contributed by atoms with van der Waals surface area (Å²) in [6.45, 7) is 1.87. The number of carbonyl (C=O) groups is 1. The standard InChI is InChI=1S/C19H27N5O/c20-13-19(8-2-1-3-9-19)10-18(25)22-11-16-4-6-17(7-5-16)12-24-15-21-14-23-24/h4-7,14-15H,1-3,8-13,20H2,(H,22,25). The van der Waals surface area contributed by atoms with Crippen LogP contribution in [-0.2, 0) is 17.9 Å². The minimum atomic E-state index is 0.0178. The quantitative estimate of drug-likeness (QED) is 0.809. The monoisotopic (exact) mass is 341 g/mol. The molecule has 134 valence electrons. The van der Waals surface area contributed by atoms with Crippen LogP contribution in [0, 0.1) is 5.41 Å². The van der Waals surface area contributed by atoms with E-state index in [1.165, 1.54) is 25.6 Å². The molecule has 0 unspecified atom stereocenters. The van der Waals surface area contributed by atoms with E-state index in [1.807, 2.05) is 12.1 Å². The summed E-state index contributed by atoms with van der Waals surface area (Å²) in [6.07, 6.45) is 9.59. The van der Waals surface area contributed by atoms with E-state index in [2.05, 4.69) is 27.5 Å². The van der Waals surface area contributed by atoms with Crippen molar-refractivity contribution in [2.75, 3.05) is 6.54 Å². The van der Waals surface area contributed by atoms with Crippen LogP contribution < -0.4 is 11.1 Å². The third-order valence-electron chi connectivity index (χ3n) is 5.21. The number of nitrogens with zero attached hydrogens (tertiary/aromatic N) is 3. The fourth-order valence-electron chi connectivity index (χ4n) is 3.62. The summed E-state index contributed by atoms with van der Waals surface area (Å²) in [5.41, 5.74) is 8.25. The molecule has 0 aliphatic heterocycles. The van der Waals surface area contributed by atoms with E-state index in [0.717, 1.165) is 24.0 Å². The zero-order valence-electron chi connectivity index (χ0n) is 14.7. The topological polar surface area (TPSA) is 85.8 Å². The Morgan fingerprint density at radius 3 is 2.52 bits per heavy atom. The lowest BCUT2D eigenvalue weighted by atomic mass is 9.71. The number of amides is 1. The van der Waals surface area contributed by atoms with E-state index in [4.69, 9.17) is 5.73 Å². The molecule has 0 bridgehead atoms. The van der Waals surface area contributed by atoms with Crippen molar-refractivity contribution < 1.29 is 4.79 Å². The van der Waals surface area contributed by atoms with Crippen molar-refractivity contribution in [3.05, 3.63) is 48.0 Å². The summed E-state index contributed by atoms with van der Waals surface area (Å²) < 4.78 is 1.78. The Morgan fingerprint density at radius 1 is 1.16 bits per heavy atom. The van der Waals surface area contributed by atoms with Gasteiger partial charge in [-0.05, 0) is 35.9 Å². The molecule has 1 amide bonds. The van der Waals surface area contributed by atoms with Gasteiger partial charge in [-0.1, -0.05) is 43.5 Å². The van der Waals surface area contributed by atoms with Crippen LogP contribution in [0.25, 0.3) is 0 Å². The molecule has 1 aromatic heterocycles. The van der Waals surface area contributed by atoms with E-state index >= 15 is 0 Å². The molecular weight excluding hydrogens is 314 g/mol. The lowest BCUT2D eigenvalue weighted by molar-refractivity contribution is -0.124. The number of carbonyl (C=O) groups excluding carboxylic acids is 1. The van der Waals surface area contributed by atoms with E-state index < -0.39 is 0 Å². The van der Waals surface area contributed by atoms with Crippen LogP contribution in [0.15, 0.2) is 36.9 Å². The van der Waals surface area contributed by atoms with Gasteiger partial charge in [0.25, 0.3) is 0 Å². The van der Waals surface area contributed by atoms with Gasteiger partial charge in [0.1, 0.15) is 12.7 Å². The summed E-state index contributed by atoms with van der Waals surface area (Å²) in [5.74, 6) is 0.110. The van der Waals surface area contributed by atoms with E-state index in [9.17, 15) is 4.79 Å². The molecular formula is C19H27N5O. The Bertz CT molecular complexity index is 660. The molecule has 0 atom stereocenters. The van der Waals surface area contributed by atoms with E-state index in [-0.39, 0.29) is 11.3 Å². The van der Waals surface area contributed by atoms with Gasteiger partial charge in [-0.2, -0.15) is 5.10 Å². The van der Waals surface area contributed by atoms with Crippen LogP contribution in [0.3, 0.4) is 0 Å². The third kappa shape index (κ3) is 4.89. The maximum absolute atomic E-state index is 12.3. The molecule has 3 N–H and O–H groups in total. The summed E-state index contributed by atoms with van der Waals surface area (Å²) in [6, 6.07) is 8.22.